The lowest BCUT2D eigenvalue weighted by atomic mass is 9.72. The van der Waals surface area contributed by atoms with Gasteiger partial charge < -0.3 is 19.6 Å². The highest BCUT2D eigenvalue weighted by Crippen LogP contribution is 2.51. The van der Waals surface area contributed by atoms with E-state index in [1.165, 1.54) is 8.61 Å². The van der Waals surface area contributed by atoms with Gasteiger partial charge in [-0.3, -0.25) is 18.7 Å². The van der Waals surface area contributed by atoms with Crippen LogP contribution in [0, 0.1) is 17.8 Å². The molecule has 0 radical (unpaired) electrons. The fourth-order valence-electron chi connectivity index (χ4n) is 9.77. The van der Waals surface area contributed by atoms with E-state index in [0.29, 0.717) is 30.8 Å². The van der Waals surface area contributed by atoms with E-state index < -0.39 is 22.0 Å². The molecule has 6 aliphatic heterocycles. The van der Waals surface area contributed by atoms with Crippen molar-refractivity contribution in [2.45, 2.75) is 45.6 Å². The Bertz CT molecular complexity index is 1950. The average molecular weight is 717 g/mol. The first-order chi connectivity index (χ1) is 24.3. The third kappa shape index (κ3) is 5.70. The quantitative estimate of drug-likeness (QED) is 0.182. The van der Waals surface area contributed by atoms with E-state index in [9.17, 15) is 22.8 Å². The standard InChI is InChI=1S/C39H51N6O5S/c1-6-8-12-31-30(26(3)38-36(39(48)43(31)38)27(4)34(46)10-7-2)24-42-32-13-9-11-29-22-28(23-33(37(29)32)41(5)51(42,49)50)14-15-44-16-19-45(20-17-44,21-18-44)25-35(40)47/h6-7,9,11,13,22-23,26-27,36,38H,1-2,8,10,12,14-21,24-25H2,3-5H3,(H-,40,47)/q+1/p+1/t26?,27-,36?,38?,44?,45?/m0/s1. The van der Waals surface area contributed by atoms with E-state index in [1.807, 2.05) is 36.1 Å². The molecule has 4 fully saturated rings. The van der Waals surface area contributed by atoms with E-state index in [1.54, 1.807) is 13.1 Å². The minimum atomic E-state index is -3.97. The number of carbonyl (C=O) groups is 3. The highest BCUT2D eigenvalue weighted by Gasteiger charge is 2.59. The lowest BCUT2D eigenvalue weighted by Crippen LogP contribution is -2.76. The van der Waals surface area contributed by atoms with Crippen molar-refractivity contribution in [2.75, 3.05) is 74.6 Å². The number of hydrogen-bond donors (Lipinski definition) is 1. The van der Waals surface area contributed by atoms with Crippen molar-refractivity contribution in [3.63, 3.8) is 0 Å². The number of anilines is 2. The van der Waals surface area contributed by atoms with Crippen LogP contribution in [-0.4, -0.2) is 112 Å². The number of benzene rings is 2. The average Bonchev–Trinajstić information content (AvgIpc) is 3.34. The highest BCUT2D eigenvalue weighted by molar-refractivity contribution is 7.94. The molecule has 0 saturated carbocycles. The molecule has 2 N–H and O–H groups in total. The second-order valence-electron chi connectivity index (χ2n) is 15.7. The molecule has 0 spiro atoms. The predicted molar refractivity (Wildman–Crippen MR) is 200 cm³/mol. The van der Waals surface area contributed by atoms with Gasteiger partial charge in [0.05, 0.1) is 36.4 Å². The minimum Gasteiger partial charge on any atom is -0.365 e. The fraction of sp³-hybridized carbons (Fsp3) is 0.513. The van der Waals surface area contributed by atoms with E-state index in [-0.39, 0.29) is 42.5 Å². The van der Waals surface area contributed by atoms with Crippen molar-refractivity contribution >= 4 is 50.0 Å². The Balaban J connectivity index is 1.18. The van der Waals surface area contributed by atoms with Gasteiger partial charge in [-0.25, -0.2) is 4.31 Å². The van der Waals surface area contributed by atoms with Gasteiger partial charge in [0.25, 0.3) is 5.91 Å². The van der Waals surface area contributed by atoms with Crippen molar-refractivity contribution in [2.24, 2.45) is 23.5 Å². The molecular formula is C39H52N6O5S+2. The number of quaternary nitrogens is 2. The number of ketones is 1. The summed E-state index contributed by atoms with van der Waals surface area (Å²) in [5, 5.41) is 1.89. The summed E-state index contributed by atoms with van der Waals surface area (Å²) in [4.78, 5) is 40.1. The number of nitrogens with two attached hydrogens (primary N) is 1. The third-order valence-corrected chi connectivity index (χ3v) is 14.7. The lowest BCUT2D eigenvalue weighted by molar-refractivity contribution is -1.08. The molecule has 4 atom stereocenters. The molecule has 2 aromatic carbocycles. The zero-order valence-electron chi connectivity index (χ0n) is 30.2. The summed E-state index contributed by atoms with van der Waals surface area (Å²) < 4.78 is 33.7. The monoisotopic (exact) mass is 716 g/mol. The molecule has 8 rings (SSSR count). The highest BCUT2D eigenvalue weighted by atomic mass is 32.2. The van der Waals surface area contributed by atoms with E-state index >= 15 is 0 Å². The van der Waals surface area contributed by atoms with Crippen LogP contribution in [0.5, 0.6) is 0 Å². The van der Waals surface area contributed by atoms with Crippen LogP contribution < -0.4 is 14.3 Å². The molecule has 6 aliphatic rings. The number of β-lactam (4-membered cyclic amide) rings is 1. The van der Waals surface area contributed by atoms with Crippen LogP contribution in [0.2, 0.25) is 0 Å². The summed E-state index contributed by atoms with van der Waals surface area (Å²) in [5.74, 6) is -1.29. The Kier molecular flexibility index (Phi) is 8.95. The van der Waals surface area contributed by atoms with Crippen LogP contribution in [0.15, 0.2) is 66.9 Å². The topological polar surface area (TPSA) is 121 Å². The largest absolute Gasteiger partial charge is 0.365 e. The number of nitrogens with zero attached hydrogens (tertiary/aromatic N) is 5. The van der Waals surface area contributed by atoms with Crippen molar-refractivity contribution in [3.05, 3.63) is 72.5 Å². The Morgan fingerprint density at radius 2 is 1.71 bits per heavy atom. The number of piperazine rings is 3. The normalized spacial score (nSPS) is 29.6. The molecular weight excluding hydrogens is 665 g/mol. The van der Waals surface area contributed by atoms with E-state index in [0.717, 1.165) is 88.8 Å². The molecule has 12 heteroatoms. The SMILES string of the molecule is C=CCCC1=C(CN2c3cccc4cc(CC[N+]56CC[N+](CC(N)=O)(CC5)CC6)cc(c34)N(C)S2(=O)=O)C(C)C2C([C@@H](C)C(=O)CC=C)C(=O)N12. The van der Waals surface area contributed by atoms with Crippen molar-refractivity contribution in [1.29, 1.82) is 0 Å². The van der Waals surface area contributed by atoms with Crippen molar-refractivity contribution < 1.29 is 31.8 Å². The first-order valence-electron chi connectivity index (χ1n) is 18.4. The van der Waals surface area contributed by atoms with Gasteiger partial charge in [-0.15, -0.1) is 13.2 Å². The number of carbonyl (C=O) groups excluding carboxylic acids is 3. The van der Waals surface area contributed by atoms with Gasteiger partial charge in [0.2, 0.25) is 5.91 Å². The molecule has 0 aromatic heterocycles. The second-order valence-corrected chi connectivity index (χ2v) is 17.5. The van der Waals surface area contributed by atoms with Crippen LogP contribution in [0.25, 0.3) is 10.8 Å². The maximum absolute atomic E-state index is 14.5. The van der Waals surface area contributed by atoms with Crippen LogP contribution in [0.3, 0.4) is 0 Å². The number of fused-ring (bicyclic) bond motifs is 4. The van der Waals surface area contributed by atoms with Gasteiger partial charge in [0.15, 0.2) is 6.54 Å². The summed E-state index contributed by atoms with van der Waals surface area (Å²) in [7, 11) is -2.34. The molecule has 272 valence electrons. The number of hydrogen-bond acceptors (Lipinski definition) is 5. The van der Waals surface area contributed by atoms with E-state index in [2.05, 4.69) is 32.2 Å². The molecule has 3 unspecified atom stereocenters. The molecule has 51 heavy (non-hydrogen) atoms. The minimum absolute atomic E-state index is 0.00302. The zero-order valence-corrected chi connectivity index (χ0v) is 31.0. The third-order valence-electron chi connectivity index (χ3n) is 12.9. The Morgan fingerprint density at radius 1 is 1.02 bits per heavy atom. The summed E-state index contributed by atoms with van der Waals surface area (Å²) in [6, 6.07) is 9.94. The Hall–Kier alpha value is -4.00. The molecule has 2 amide bonds. The maximum Gasteiger partial charge on any atom is 0.326 e. The van der Waals surface area contributed by atoms with Crippen LogP contribution in [-0.2, 0) is 31.0 Å². The zero-order chi connectivity index (χ0) is 36.5. The molecule has 0 aliphatic carbocycles. The molecule has 11 nitrogen and oxygen atoms in total. The summed E-state index contributed by atoms with van der Waals surface area (Å²) in [6.45, 7) is 19.0. The van der Waals surface area contributed by atoms with Crippen molar-refractivity contribution in [1.82, 2.24) is 4.90 Å². The number of rotatable bonds is 14. The Morgan fingerprint density at radius 3 is 2.35 bits per heavy atom. The van der Waals surface area contributed by atoms with Gasteiger partial charge in [0, 0.05) is 42.8 Å². The van der Waals surface area contributed by atoms with E-state index in [4.69, 9.17) is 5.73 Å². The van der Waals surface area contributed by atoms with Crippen LogP contribution >= 0.6 is 0 Å². The van der Waals surface area contributed by atoms with Gasteiger partial charge >= 0.3 is 10.2 Å². The molecule has 2 aromatic rings. The van der Waals surface area contributed by atoms with Gasteiger partial charge in [-0.2, -0.15) is 8.42 Å². The number of primary amides is 1. The number of Topliss-reactive ketones (excluding diaryl/α,β-unsaturated/α-hetero) is 1. The van der Waals surface area contributed by atoms with Crippen LogP contribution in [0.1, 0.15) is 38.7 Å². The first-order valence-corrected chi connectivity index (χ1v) is 19.8. The lowest BCUT2D eigenvalue weighted by Gasteiger charge is -2.55. The van der Waals surface area contributed by atoms with Gasteiger partial charge in [-0.05, 0) is 41.5 Å². The van der Waals surface area contributed by atoms with Crippen LogP contribution in [0.4, 0.5) is 11.4 Å². The van der Waals surface area contributed by atoms with Crippen molar-refractivity contribution in [3.8, 4) is 0 Å². The first kappa shape index (κ1) is 35.4. The molecule has 4 saturated heterocycles. The summed E-state index contributed by atoms with van der Waals surface area (Å²) in [6.07, 6.45) is 5.68. The fourth-order valence-corrected chi connectivity index (χ4v) is 11.2. The van der Waals surface area contributed by atoms with Gasteiger partial charge in [-0.1, -0.05) is 44.2 Å². The smallest absolute Gasteiger partial charge is 0.326 e. The number of allylic oxidation sites excluding steroid dienone is 3. The maximum atomic E-state index is 14.5. The number of amides is 2. The molecule has 6 heterocycles. The molecule has 2 bridgehead atoms. The second kappa shape index (κ2) is 12.9. The Labute approximate surface area is 302 Å². The van der Waals surface area contributed by atoms with Gasteiger partial charge in [0.1, 0.15) is 45.1 Å². The summed E-state index contributed by atoms with van der Waals surface area (Å²) >= 11 is 0. The summed E-state index contributed by atoms with van der Waals surface area (Å²) in [5.41, 5.74) is 9.78. The predicted octanol–water partition coefficient (Wildman–Crippen LogP) is 3.51.